The normalized spacial score (nSPS) is 34.8. The Hall–Kier alpha value is -1.29. The van der Waals surface area contributed by atoms with Gasteiger partial charge < -0.3 is 10.2 Å². The van der Waals surface area contributed by atoms with E-state index >= 15 is 0 Å². The number of anilines is 1. The van der Waals surface area contributed by atoms with E-state index in [1.165, 1.54) is 44.5 Å². The molecule has 4 rings (SSSR count). The number of nitrogens with zero attached hydrogens (tertiary/aromatic N) is 3. The standard InChI is InChI=1S/C17H26N4/c1-20-12-17(10-19-20)21-6-2-3-16(11-21)18-9-15-8-13-4-5-14(15)7-13/h4-5,10,12-16,18H,2-3,6-9,11H2,1H3/t13-,14-,15+,16-/m0/s1. The van der Waals surface area contributed by atoms with E-state index in [9.17, 15) is 0 Å². The van der Waals surface area contributed by atoms with Crippen LogP contribution in [0.15, 0.2) is 24.5 Å². The molecule has 0 amide bonds. The molecule has 1 aromatic heterocycles. The Morgan fingerprint density at radius 3 is 3.00 bits per heavy atom. The largest absolute Gasteiger partial charge is 0.367 e. The molecule has 4 atom stereocenters. The molecular weight excluding hydrogens is 260 g/mol. The number of hydrogen-bond acceptors (Lipinski definition) is 3. The third-order valence-electron chi connectivity index (χ3n) is 5.56. The lowest BCUT2D eigenvalue weighted by Crippen LogP contribution is -2.47. The topological polar surface area (TPSA) is 33.1 Å². The van der Waals surface area contributed by atoms with E-state index < -0.39 is 0 Å². The van der Waals surface area contributed by atoms with Gasteiger partial charge in [-0.2, -0.15) is 5.10 Å². The molecule has 1 saturated carbocycles. The number of hydrogen-bond donors (Lipinski definition) is 1. The molecule has 1 N–H and O–H groups in total. The minimum absolute atomic E-state index is 0.641. The molecule has 0 unspecified atom stereocenters. The first-order chi connectivity index (χ1) is 10.3. The van der Waals surface area contributed by atoms with Crippen molar-refractivity contribution in [2.75, 3.05) is 24.5 Å². The van der Waals surface area contributed by atoms with E-state index in [-0.39, 0.29) is 0 Å². The minimum atomic E-state index is 0.641. The van der Waals surface area contributed by atoms with Gasteiger partial charge in [0.05, 0.1) is 11.9 Å². The van der Waals surface area contributed by atoms with Gasteiger partial charge in [-0.05, 0) is 50.0 Å². The highest BCUT2D eigenvalue weighted by molar-refractivity contribution is 5.42. The fraction of sp³-hybridized carbons (Fsp3) is 0.706. The molecule has 4 nitrogen and oxygen atoms in total. The van der Waals surface area contributed by atoms with Crippen molar-refractivity contribution in [3.05, 3.63) is 24.5 Å². The maximum atomic E-state index is 4.30. The number of rotatable bonds is 4. The Morgan fingerprint density at radius 1 is 1.33 bits per heavy atom. The highest BCUT2D eigenvalue weighted by atomic mass is 15.3. The highest BCUT2D eigenvalue weighted by Crippen LogP contribution is 2.43. The van der Waals surface area contributed by atoms with Crippen LogP contribution in [-0.2, 0) is 7.05 Å². The monoisotopic (exact) mass is 286 g/mol. The van der Waals surface area contributed by atoms with Gasteiger partial charge in [0.2, 0.25) is 0 Å². The summed E-state index contributed by atoms with van der Waals surface area (Å²) in [5.74, 6) is 2.63. The summed E-state index contributed by atoms with van der Waals surface area (Å²) >= 11 is 0. The van der Waals surface area contributed by atoms with Crippen molar-refractivity contribution in [3.63, 3.8) is 0 Å². The number of aromatic nitrogens is 2. The molecular formula is C17H26N4. The van der Waals surface area contributed by atoms with E-state index in [0.29, 0.717) is 6.04 Å². The highest BCUT2D eigenvalue weighted by Gasteiger charge is 2.35. The Morgan fingerprint density at radius 2 is 2.29 bits per heavy atom. The minimum Gasteiger partial charge on any atom is -0.367 e. The van der Waals surface area contributed by atoms with Crippen LogP contribution in [-0.4, -0.2) is 35.5 Å². The molecule has 114 valence electrons. The predicted octanol–water partition coefficient (Wildman–Crippen LogP) is 2.19. The van der Waals surface area contributed by atoms with Crippen LogP contribution in [0.4, 0.5) is 5.69 Å². The van der Waals surface area contributed by atoms with Crippen molar-refractivity contribution in [1.29, 1.82) is 0 Å². The summed E-state index contributed by atoms with van der Waals surface area (Å²) in [6.45, 7) is 3.50. The van der Waals surface area contributed by atoms with Crippen LogP contribution in [0.25, 0.3) is 0 Å². The number of fused-ring (bicyclic) bond motifs is 2. The molecule has 4 heteroatoms. The van der Waals surface area contributed by atoms with Gasteiger partial charge in [0.1, 0.15) is 0 Å². The van der Waals surface area contributed by atoms with Crippen molar-refractivity contribution in [1.82, 2.24) is 15.1 Å². The average molecular weight is 286 g/mol. The van der Waals surface area contributed by atoms with Gasteiger partial charge in [0.15, 0.2) is 0 Å². The van der Waals surface area contributed by atoms with Crippen molar-refractivity contribution in [3.8, 4) is 0 Å². The summed E-state index contributed by atoms with van der Waals surface area (Å²) in [4.78, 5) is 2.48. The molecule has 2 fully saturated rings. The number of aryl methyl sites for hydroxylation is 1. The van der Waals surface area contributed by atoms with Crippen molar-refractivity contribution >= 4 is 5.69 Å². The molecule has 1 aliphatic heterocycles. The third kappa shape index (κ3) is 2.73. The van der Waals surface area contributed by atoms with Crippen LogP contribution >= 0.6 is 0 Å². The van der Waals surface area contributed by atoms with Gasteiger partial charge in [-0.1, -0.05) is 12.2 Å². The summed E-state index contributed by atoms with van der Waals surface area (Å²) in [7, 11) is 1.99. The van der Waals surface area contributed by atoms with Crippen molar-refractivity contribution in [2.24, 2.45) is 24.8 Å². The predicted molar refractivity (Wildman–Crippen MR) is 85.3 cm³/mol. The van der Waals surface area contributed by atoms with Gasteiger partial charge in [0.25, 0.3) is 0 Å². The molecule has 2 bridgehead atoms. The third-order valence-corrected chi connectivity index (χ3v) is 5.56. The van der Waals surface area contributed by atoms with E-state index in [1.54, 1.807) is 0 Å². The lowest BCUT2D eigenvalue weighted by molar-refractivity contribution is 0.354. The Bertz CT molecular complexity index is 521. The van der Waals surface area contributed by atoms with Gasteiger partial charge in [0, 0.05) is 32.4 Å². The number of nitrogens with one attached hydrogen (secondary N) is 1. The molecule has 1 saturated heterocycles. The van der Waals surface area contributed by atoms with Gasteiger partial charge in [-0.15, -0.1) is 0 Å². The molecule has 0 radical (unpaired) electrons. The zero-order valence-corrected chi connectivity index (χ0v) is 12.9. The van der Waals surface area contributed by atoms with E-state index in [2.05, 4.69) is 33.7 Å². The SMILES string of the molecule is Cn1cc(N2CCC[C@H](NC[C@H]3C[C@H]4C=C[C@H]3C4)C2)cn1. The van der Waals surface area contributed by atoms with Crippen molar-refractivity contribution < 1.29 is 0 Å². The van der Waals surface area contributed by atoms with Gasteiger partial charge in [-0.3, -0.25) is 4.68 Å². The number of piperidine rings is 1. The molecule has 1 aromatic rings. The molecule has 0 aromatic carbocycles. The molecule has 2 heterocycles. The fourth-order valence-electron chi connectivity index (χ4n) is 4.40. The Balaban J connectivity index is 1.30. The maximum absolute atomic E-state index is 4.30. The second-order valence-corrected chi connectivity index (χ2v) is 7.11. The first kappa shape index (κ1) is 13.4. The van der Waals surface area contributed by atoms with Crippen molar-refractivity contribution in [2.45, 2.75) is 31.7 Å². The second kappa shape index (κ2) is 5.48. The average Bonchev–Trinajstić information content (AvgIpc) is 3.21. The summed E-state index contributed by atoms with van der Waals surface area (Å²) in [5.41, 5.74) is 1.27. The van der Waals surface area contributed by atoms with Gasteiger partial charge >= 0.3 is 0 Å². The van der Waals surface area contributed by atoms with Crippen LogP contribution in [0.5, 0.6) is 0 Å². The van der Waals surface area contributed by atoms with Crippen LogP contribution in [0, 0.1) is 17.8 Å². The molecule has 2 aliphatic carbocycles. The zero-order valence-electron chi connectivity index (χ0n) is 12.9. The van der Waals surface area contributed by atoms with E-state index in [1.807, 2.05) is 17.9 Å². The first-order valence-corrected chi connectivity index (χ1v) is 8.43. The van der Waals surface area contributed by atoms with Crippen LogP contribution in [0.3, 0.4) is 0 Å². The zero-order chi connectivity index (χ0) is 14.2. The van der Waals surface area contributed by atoms with E-state index in [0.717, 1.165) is 24.3 Å². The number of allylic oxidation sites excluding steroid dienone is 2. The summed E-state index contributed by atoms with van der Waals surface area (Å²) < 4.78 is 1.90. The maximum Gasteiger partial charge on any atom is 0.0752 e. The lowest BCUT2D eigenvalue weighted by Gasteiger charge is -2.35. The van der Waals surface area contributed by atoms with Crippen LogP contribution < -0.4 is 10.2 Å². The quantitative estimate of drug-likeness (QED) is 0.861. The smallest absolute Gasteiger partial charge is 0.0752 e. The van der Waals surface area contributed by atoms with Crippen LogP contribution in [0.1, 0.15) is 25.7 Å². The molecule has 21 heavy (non-hydrogen) atoms. The summed E-state index contributed by atoms with van der Waals surface area (Å²) in [6.07, 6.45) is 14.4. The van der Waals surface area contributed by atoms with Crippen LogP contribution in [0.2, 0.25) is 0 Å². The molecule has 3 aliphatic rings. The lowest BCUT2D eigenvalue weighted by atomic mass is 9.93. The Kier molecular flexibility index (Phi) is 3.49. The van der Waals surface area contributed by atoms with Gasteiger partial charge in [-0.25, -0.2) is 0 Å². The summed E-state index contributed by atoms with van der Waals surface area (Å²) in [6, 6.07) is 0.641. The first-order valence-electron chi connectivity index (χ1n) is 8.43. The summed E-state index contributed by atoms with van der Waals surface area (Å²) in [5, 5.41) is 8.15. The molecule has 0 spiro atoms. The Labute approximate surface area is 127 Å². The second-order valence-electron chi connectivity index (χ2n) is 7.11. The van der Waals surface area contributed by atoms with E-state index in [4.69, 9.17) is 0 Å². The fourth-order valence-corrected chi connectivity index (χ4v) is 4.40.